The van der Waals surface area contributed by atoms with E-state index in [-0.39, 0.29) is 11.8 Å². The number of hydrogen-bond donors (Lipinski definition) is 1. The summed E-state index contributed by atoms with van der Waals surface area (Å²) in [5.41, 5.74) is 1.25. The molecule has 0 unspecified atom stereocenters. The van der Waals surface area contributed by atoms with Gasteiger partial charge in [-0.25, -0.2) is 4.98 Å². The molecule has 5 nitrogen and oxygen atoms in total. The highest BCUT2D eigenvalue weighted by Gasteiger charge is 2.23. The molecule has 0 radical (unpaired) electrons. The van der Waals surface area contributed by atoms with Gasteiger partial charge in [-0.05, 0) is 37.2 Å². The molecular formula is C23H34N4OS. The minimum absolute atomic E-state index is 0.180. The number of anilines is 1. The summed E-state index contributed by atoms with van der Waals surface area (Å²) in [6.07, 6.45) is 7.22. The molecule has 0 aliphatic carbocycles. The number of piperidine rings is 1. The monoisotopic (exact) mass is 414 g/mol. The molecule has 2 heterocycles. The van der Waals surface area contributed by atoms with Crippen LogP contribution in [-0.4, -0.2) is 34.9 Å². The van der Waals surface area contributed by atoms with Gasteiger partial charge in [-0.3, -0.25) is 4.79 Å². The number of benzene rings is 1. The molecule has 158 valence electrons. The van der Waals surface area contributed by atoms with E-state index >= 15 is 0 Å². The van der Waals surface area contributed by atoms with Crippen molar-refractivity contribution in [2.45, 2.75) is 58.8 Å². The quantitative estimate of drug-likeness (QED) is 0.613. The first-order valence-corrected chi connectivity index (χ1v) is 11.9. The van der Waals surface area contributed by atoms with Crippen molar-refractivity contribution in [2.24, 2.45) is 11.8 Å². The molecule has 3 rings (SSSR count). The smallest absolute Gasteiger partial charge is 0.223 e. The van der Waals surface area contributed by atoms with E-state index in [1.165, 1.54) is 17.1 Å². The van der Waals surface area contributed by atoms with Crippen molar-refractivity contribution < 1.29 is 4.79 Å². The first kappa shape index (κ1) is 21.8. The lowest BCUT2D eigenvalue weighted by molar-refractivity contribution is -0.125. The molecule has 1 amide bonds. The summed E-state index contributed by atoms with van der Waals surface area (Å²) < 4.78 is 4.55. The summed E-state index contributed by atoms with van der Waals surface area (Å²) in [6.45, 7) is 7.10. The van der Waals surface area contributed by atoms with Gasteiger partial charge in [-0.1, -0.05) is 57.0 Å². The average Bonchev–Trinajstić information content (AvgIpc) is 3.22. The molecule has 6 heteroatoms. The fourth-order valence-corrected chi connectivity index (χ4v) is 4.65. The highest BCUT2D eigenvalue weighted by molar-refractivity contribution is 7.09. The highest BCUT2D eigenvalue weighted by Crippen LogP contribution is 2.25. The molecule has 0 saturated carbocycles. The Labute approximate surface area is 179 Å². The van der Waals surface area contributed by atoms with E-state index in [4.69, 9.17) is 4.98 Å². The predicted octanol–water partition coefficient (Wildman–Crippen LogP) is 4.68. The lowest BCUT2D eigenvalue weighted by Crippen LogP contribution is -2.40. The van der Waals surface area contributed by atoms with Crippen LogP contribution in [0.3, 0.4) is 0 Å². The van der Waals surface area contributed by atoms with Crippen molar-refractivity contribution in [3.05, 3.63) is 41.7 Å². The molecule has 0 spiro atoms. The number of aromatic nitrogens is 2. The Morgan fingerprint density at radius 3 is 2.69 bits per heavy atom. The number of hydrogen-bond acceptors (Lipinski definition) is 5. The predicted molar refractivity (Wildman–Crippen MR) is 120 cm³/mol. The number of rotatable bonds is 10. The van der Waals surface area contributed by atoms with Gasteiger partial charge in [0.05, 0.1) is 0 Å². The molecule has 1 saturated heterocycles. The Kier molecular flexibility index (Phi) is 8.47. The summed E-state index contributed by atoms with van der Waals surface area (Å²) >= 11 is 1.50. The van der Waals surface area contributed by atoms with Crippen LogP contribution in [0.15, 0.2) is 30.3 Å². The fourth-order valence-electron chi connectivity index (χ4n) is 3.91. The Bertz CT molecular complexity index is 740. The SMILES string of the molecule is CCCC[C@@H](CC)C(=O)NCC1CCN(c2nc(Cc3ccccc3)ns2)CC1. The molecule has 29 heavy (non-hydrogen) atoms. The largest absolute Gasteiger partial charge is 0.356 e. The number of carbonyl (C=O) groups excluding carboxylic acids is 1. The van der Waals surface area contributed by atoms with Crippen molar-refractivity contribution >= 4 is 22.6 Å². The molecule has 0 bridgehead atoms. The third kappa shape index (κ3) is 6.53. The van der Waals surface area contributed by atoms with E-state index in [1.54, 1.807) is 0 Å². The van der Waals surface area contributed by atoms with Gasteiger partial charge < -0.3 is 10.2 Å². The van der Waals surface area contributed by atoms with Crippen LogP contribution in [0.5, 0.6) is 0 Å². The molecule has 1 N–H and O–H groups in total. The third-order valence-corrected chi connectivity index (χ3v) is 6.70. The second kappa shape index (κ2) is 11.3. The zero-order chi connectivity index (χ0) is 20.5. The second-order valence-electron chi connectivity index (χ2n) is 8.08. The van der Waals surface area contributed by atoms with Gasteiger partial charge in [0.2, 0.25) is 11.0 Å². The van der Waals surface area contributed by atoms with E-state index in [9.17, 15) is 4.79 Å². The Morgan fingerprint density at radius 1 is 1.24 bits per heavy atom. The molecule has 1 aromatic heterocycles. The topological polar surface area (TPSA) is 58.1 Å². The van der Waals surface area contributed by atoms with Crippen LogP contribution < -0.4 is 10.2 Å². The molecule has 1 aliphatic rings. The summed E-state index contributed by atoms with van der Waals surface area (Å²) in [6, 6.07) is 10.4. The molecule has 1 aliphatic heterocycles. The summed E-state index contributed by atoms with van der Waals surface area (Å²) in [5.74, 6) is 1.90. The minimum Gasteiger partial charge on any atom is -0.356 e. The zero-order valence-corrected chi connectivity index (χ0v) is 18.6. The fraction of sp³-hybridized carbons (Fsp3) is 0.609. The van der Waals surface area contributed by atoms with E-state index in [1.807, 2.05) is 6.07 Å². The summed E-state index contributed by atoms with van der Waals surface area (Å²) in [7, 11) is 0. The van der Waals surface area contributed by atoms with Crippen LogP contribution in [0, 0.1) is 11.8 Å². The van der Waals surface area contributed by atoms with Crippen LogP contribution in [0.25, 0.3) is 0 Å². The Balaban J connectivity index is 1.42. The van der Waals surface area contributed by atoms with Crippen molar-refractivity contribution in [2.75, 3.05) is 24.5 Å². The first-order chi connectivity index (χ1) is 14.2. The maximum absolute atomic E-state index is 12.4. The maximum atomic E-state index is 12.4. The molecule has 1 atom stereocenters. The standard InChI is InChI=1S/C23H34N4OS/c1-3-5-11-20(4-2)22(28)24-17-19-12-14-27(15-13-19)23-25-21(26-29-23)16-18-9-7-6-8-10-18/h6-10,19-20H,3-5,11-17H2,1-2H3,(H,24,28)/t20-/m1/s1. The van der Waals surface area contributed by atoms with Gasteiger partial charge in [0.25, 0.3) is 0 Å². The normalized spacial score (nSPS) is 16.0. The van der Waals surface area contributed by atoms with Gasteiger partial charge in [-0.2, -0.15) is 4.37 Å². The number of unbranched alkanes of at least 4 members (excludes halogenated alkanes) is 1. The van der Waals surface area contributed by atoms with E-state index in [0.29, 0.717) is 5.92 Å². The second-order valence-corrected chi connectivity index (χ2v) is 8.81. The lowest BCUT2D eigenvalue weighted by atomic mass is 9.95. The van der Waals surface area contributed by atoms with E-state index in [0.717, 1.165) is 75.5 Å². The van der Waals surface area contributed by atoms with Gasteiger partial charge in [0.15, 0.2) is 0 Å². The van der Waals surface area contributed by atoms with Crippen molar-refractivity contribution in [3.8, 4) is 0 Å². The number of carbonyl (C=O) groups is 1. The van der Waals surface area contributed by atoms with Gasteiger partial charge in [0, 0.05) is 43.5 Å². The highest BCUT2D eigenvalue weighted by atomic mass is 32.1. The van der Waals surface area contributed by atoms with E-state index in [2.05, 4.69) is 52.7 Å². The molecular weight excluding hydrogens is 380 g/mol. The number of amides is 1. The van der Waals surface area contributed by atoms with Crippen molar-refractivity contribution in [1.82, 2.24) is 14.7 Å². The average molecular weight is 415 g/mol. The number of nitrogens with one attached hydrogen (secondary N) is 1. The van der Waals surface area contributed by atoms with Crippen LogP contribution in [0.2, 0.25) is 0 Å². The van der Waals surface area contributed by atoms with Crippen LogP contribution in [0.4, 0.5) is 5.13 Å². The molecule has 1 fully saturated rings. The Morgan fingerprint density at radius 2 is 2.00 bits per heavy atom. The molecule has 2 aromatic rings. The van der Waals surface area contributed by atoms with Gasteiger partial charge in [0.1, 0.15) is 5.82 Å². The van der Waals surface area contributed by atoms with Crippen LogP contribution in [-0.2, 0) is 11.2 Å². The summed E-state index contributed by atoms with van der Waals surface area (Å²) in [5, 5.41) is 4.25. The first-order valence-electron chi connectivity index (χ1n) is 11.1. The Hall–Kier alpha value is -1.95. The van der Waals surface area contributed by atoms with Crippen molar-refractivity contribution in [1.29, 1.82) is 0 Å². The van der Waals surface area contributed by atoms with E-state index < -0.39 is 0 Å². The minimum atomic E-state index is 0.180. The molecule has 1 aromatic carbocycles. The number of nitrogens with zero attached hydrogens (tertiary/aromatic N) is 3. The third-order valence-electron chi connectivity index (χ3n) is 5.88. The van der Waals surface area contributed by atoms with Crippen molar-refractivity contribution in [3.63, 3.8) is 0 Å². The van der Waals surface area contributed by atoms with Crippen LogP contribution in [0.1, 0.15) is 63.8 Å². The van der Waals surface area contributed by atoms with Crippen LogP contribution >= 0.6 is 11.5 Å². The maximum Gasteiger partial charge on any atom is 0.223 e. The lowest BCUT2D eigenvalue weighted by Gasteiger charge is -2.31. The van der Waals surface area contributed by atoms with Gasteiger partial charge >= 0.3 is 0 Å². The van der Waals surface area contributed by atoms with Gasteiger partial charge in [-0.15, -0.1) is 0 Å². The zero-order valence-electron chi connectivity index (χ0n) is 17.8. The summed E-state index contributed by atoms with van der Waals surface area (Å²) in [4.78, 5) is 19.5.